The predicted octanol–water partition coefficient (Wildman–Crippen LogP) is 2.55. The van der Waals surface area contributed by atoms with Crippen molar-refractivity contribution in [2.24, 2.45) is 0 Å². The number of benzene rings is 1. The molecule has 3 heterocycles. The van der Waals surface area contributed by atoms with Crippen LogP contribution in [0.15, 0.2) is 53.6 Å². The van der Waals surface area contributed by atoms with Gasteiger partial charge in [0.1, 0.15) is 5.75 Å². The van der Waals surface area contributed by atoms with Gasteiger partial charge < -0.3 is 4.74 Å². The minimum Gasteiger partial charge on any atom is -0.494 e. The van der Waals surface area contributed by atoms with Crippen molar-refractivity contribution in [2.75, 3.05) is 6.61 Å². The van der Waals surface area contributed by atoms with E-state index < -0.39 is 0 Å². The molecule has 4 rings (SSSR count). The Balaban J connectivity index is 1.67. The zero-order valence-electron chi connectivity index (χ0n) is 14.1. The van der Waals surface area contributed by atoms with Gasteiger partial charge in [0.25, 0.3) is 5.56 Å². The van der Waals surface area contributed by atoms with Crippen LogP contribution in [0.4, 0.5) is 0 Å². The maximum Gasteiger partial charge on any atom is 0.291 e. The summed E-state index contributed by atoms with van der Waals surface area (Å²) in [6.45, 7) is 2.76. The smallest absolute Gasteiger partial charge is 0.291 e. The van der Waals surface area contributed by atoms with Gasteiger partial charge in [0.05, 0.1) is 11.1 Å². The number of hydrogen-bond acceptors (Lipinski definition) is 6. The lowest BCUT2D eigenvalue weighted by atomic mass is 10.2. The van der Waals surface area contributed by atoms with E-state index in [2.05, 4.69) is 22.0 Å². The Labute approximate surface area is 153 Å². The van der Waals surface area contributed by atoms with Crippen LogP contribution in [-0.2, 0) is 0 Å². The van der Waals surface area contributed by atoms with E-state index in [9.17, 15) is 4.79 Å². The van der Waals surface area contributed by atoms with Crippen LogP contribution in [0, 0.1) is 0 Å². The molecule has 0 radical (unpaired) electrons. The van der Waals surface area contributed by atoms with Crippen LogP contribution < -0.4 is 14.8 Å². The third kappa shape index (κ3) is 3.21. The summed E-state index contributed by atoms with van der Waals surface area (Å²) in [6, 6.07) is 11.4. The maximum atomic E-state index is 12.6. The molecular weight excluding hydrogens is 348 g/mol. The summed E-state index contributed by atoms with van der Waals surface area (Å²) in [6.07, 6.45) is 6.18. The number of nitrogens with zero attached hydrogens (tertiary/aromatic N) is 4. The first-order valence-corrected chi connectivity index (χ1v) is 9.11. The lowest BCUT2D eigenvalue weighted by Crippen LogP contribution is -2.23. The molecule has 0 spiro atoms. The van der Waals surface area contributed by atoms with Gasteiger partial charge in [-0.3, -0.25) is 9.78 Å². The number of aromatic nitrogens is 4. The average Bonchev–Trinajstić information content (AvgIpc) is 3.22. The summed E-state index contributed by atoms with van der Waals surface area (Å²) < 4.78 is 7.51. The van der Waals surface area contributed by atoms with Gasteiger partial charge in [-0.2, -0.15) is 9.50 Å². The fourth-order valence-electron chi connectivity index (χ4n) is 2.48. The molecule has 0 saturated heterocycles. The Hall–Kier alpha value is -3.06. The lowest BCUT2D eigenvalue weighted by molar-refractivity contribution is 0.317. The largest absolute Gasteiger partial charge is 0.494 e. The summed E-state index contributed by atoms with van der Waals surface area (Å²) >= 11 is 1.32. The summed E-state index contributed by atoms with van der Waals surface area (Å²) in [4.78, 5) is 21.7. The van der Waals surface area contributed by atoms with Crippen LogP contribution in [-0.4, -0.2) is 26.2 Å². The van der Waals surface area contributed by atoms with Crippen LogP contribution in [0.2, 0.25) is 0 Å². The summed E-state index contributed by atoms with van der Waals surface area (Å²) in [7, 11) is 0. The molecule has 0 aliphatic carbocycles. The first kappa shape index (κ1) is 16.4. The van der Waals surface area contributed by atoms with Crippen molar-refractivity contribution in [2.45, 2.75) is 13.3 Å². The molecule has 7 heteroatoms. The van der Waals surface area contributed by atoms with Crippen LogP contribution >= 0.6 is 11.3 Å². The van der Waals surface area contributed by atoms with Crippen molar-refractivity contribution in [3.63, 3.8) is 0 Å². The van der Waals surface area contributed by atoms with E-state index in [1.165, 1.54) is 15.9 Å². The topological polar surface area (TPSA) is 69.4 Å². The van der Waals surface area contributed by atoms with Crippen molar-refractivity contribution in [3.05, 3.63) is 69.2 Å². The molecule has 3 aromatic heterocycles. The second-order valence-electron chi connectivity index (χ2n) is 5.70. The number of rotatable bonds is 5. The van der Waals surface area contributed by atoms with Gasteiger partial charge in [-0.25, -0.2) is 0 Å². The quantitative estimate of drug-likeness (QED) is 0.544. The molecular formula is C19H16N4O2S. The number of hydrogen-bond donors (Lipinski definition) is 0. The molecule has 0 amide bonds. The first-order valence-electron chi connectivity index (χ1n) is 8.29. The van der Waals surface area contributed by atoms with Crippen molar-refractivity contribution >= 4 is 22.4 Å². The lowest BCUT2D eigenvalue weighted by Gasteiger charge is -2.03. The second-order valence-corrected chi connectivity index (χ2v) is 6.71. The highest BCUT2D eigenvalue weighted by Gasteiger charge is 2.11. The van der Waals surface area contributed by atoms with E-state index in [1.54, 1.807) is 12.4 Å². The van der Waals surface area contributed by atoms with E-state index in [0.717, 1.165) is 23.3 Å². The number of thiazole rings is 1. The molecule has 26 heavy (non-hydrogen) atoms. The first-order chi connectivity index (χ1) is 12.7. The highest BCUT2D eigenvalue weighted by atomic mass is 32.1. The van der Waals surface area contributed by atoms with Crippen LogP contribution in [0.1, 0.15) is 18.9 Å². The van der Waals surface area contributed by atoms with E-state index in [0.29, 0.717) is 21.9 Å². The minimum atomic E-state index is -0.168. The molecule has 0 bridgehead atoms. The molecule has 0 unspecified atom stereocenters. The highest BCUT2D eigenvalue weighted by Crippen LogP contribution is 2.15. The average molecular weight is 364 g/mol. The highest BCUT2D eigenvalue weighted by molar-refractivity contribution is 7.15. The van der Waals surface area contributed by atoms with Crippen molar-refractivity contribution in [3.8, 4) is 17.1 Å². The van der Waals surface area contributed by atoms with E-state index in [-0.39, 0.29) is 5.56 Å². The molecule has 6 nitrogen and oxygen atoms in total. The Morgan fingerprint density at radius 1 is 1.23 bits per heavy atom. The zero-order valence-corrected chi connectivity index (χ0v) is 14.9. The van der Waals surface area contributed by atoms with Crippen LogP contribution in [0.3, 0.4) is 0 Å². The molecule has 4 aromatic rings. The van der Waals surface area contributed by atoms with Gasteiger partial charge in [0.2, 0.25) is 4.96 Å². The molecule has 0 aliphatic heterocycles. The SMILES string of the molecule is CCCOc1ccc(/C=c2\sc3nc(-c4cccnc4)nn3c2=O)cc1. The van der Waals surface area contributed by atoms with Crippen molar-refractivity contribution in [1.82, 2.24) is 19.6 Å². The number of ether oxygens (including phenoxy) is 1. The van der Waals surface area contributed by atoms with Gasteiger partial charge in [-0.15, -0.1) is 5.10 Å². The van der Waals surface area contributed by atoms with E-state index >= 15 is 0 Å². The monoisotopic (exact) mass is 364 g/mol. The third-order valence-corrected chi connectivity index (χ3v) is 4.71. The fourth-order valence-corrected chi connectivity index (χ4v) is 3.39. The minimum absolute atomic E-state index is 0.168. The maximum absolute atomic E-state index is 12.6. The van der Waals surface area contributed by atoms with Gasteiger partial charge in [0.15, 0.2) is 5.82 Å². The molecule has 1 aromatic carbocycles. The second kappa shape index (κ2) is 7.05. The van der Waals surface area contributed by atoms with E-state index in [1.807, 2.05) is 42.5 Å². The summed E-state index contributed by atoms with van der Waals surface area (Å²) in [5.74, 6) is 1.33. The summed E-state index contributed by atoms with van der Waals surface area (Å²) in [5, 5.41) is 4.32. The fraction of sp³-hybridized carbons (Fsp3) is 0.158. The molecule has 0 saturated carbocycles. The van der Waals surface area contributed by atoms with Crippen LogP contribution in [0.25, 0.3) is 22.4 Å². The molecule has 0 fully saturated rings. The Bertz CT molecular complexity index is 1130. The van der Waals surface area contributed by atoms with Crippen molar-refractivity contribution < 1.29 is 4.74 Å². The Morgan fingerprint density at radius 2 is 2.08 bits per heavy atom. The molecule has 130 valence electrons. The van der Waals surface area contributed by atoms with Crippen LogP contribution in [0.5, 0.6) is 5.75 Å². The van der Waals surface area contributed by atoms with Crippen molar-refractivity contribution in [1.29, 1.82) is 0 Å². The van der Waals surface area contributed by atoms with Gasteiger partial charge >= 0.3 is 0 Å². The zero-order chi connectivity index (χ0) is 17.9. The Morgan fingerprint density at radius 3 is 2.77 bits per heavy atom. The van der Waals surface area contributed by atoms with Gasteiger partial charge in [0, 0.05) is 18.0 Å². The molecule has 0 aliphatic rings. The normalized spacial score (nSPS) is 12.0. The van der Waals surface area contributed by atoms with Gasteiger partial charge in [-0.05, 0) is 42.3 Å². The summed E-state index contributed by atoms with van der Waals surface area (Å²) in [5.41, 5.74) is 1.55. The molecule has 0 atom stereocenters. The number of fused-ring (bicyclic) bond motifs is 1. The molecule has 0 N–H and O–H groups in total. The predicted molar refractivity (Wildman–Crippen MR) is 101 cm³/mol. The van der Waals surface area contributed by atoms with Gasteiger partial charge in [-0.1, -0.05) is 30.4 Å². The Kier molecular flexibility index (Phi) is 4.45. The third-order valence-electron chi connectivity index (χ3n) is 3.75. The van der Waals surface area contributed by atoms with E-state index in [4.69, 9.17) is 4.74 Å². The standard InChI is InChI=1S/C19H16N4O2S/c1-2-10-25-15-7-5-13(6-8-15)11-16-18(24)23-19(26-16)21-17(22-23)14-4-3-9-20-12-14/h3-9,11-12H,2,10H2,1H3/b16-11-. The number of pyridine rings is 1.